The number of aryl methyl sites for hydroxylation is 1. The first-order chi connectivity index (χ1) is 12.0. The van der Waals surface area contributed by atoms with Gasteiger partial charge in [0.1, 0.15) is 11.4 Å². The maximum Gasteiger partial charge on any atom is 0.125 e. The number of aromatic nitrogens is 2. The Morgan fingerprint density at radius 2 is 2.12 bits per heavy atom. The molecule has 2 aromatic rings. The summed E-state index contributed by atoms with van der Waals surface area (Å²) in [4.78, 5) is 9.02. The molecular formula is C19H25ClN4O. The van der Waals surface area contributed by atoms with Gasteiger partial charge >= 0.3 is 0 Å². The average Bonchev–Trinajstić information content (AvgIpc) is 2.61. The van der Waals surface area contributed by atoms with E-state index in [-0.39, 0.29) is 0 Å². The molecule has 0 aliphatic carbocycles. The maximum absolute atomic E-state index is 11.1. The number of piperidine rings is 1. The van der Waals surface area contributed by atoms with Crippen molar-refractivity contribution < 1.29 is 5.11 Å². The van der Waals surface area contributed by atoms with Crippen LogP contribution in [-0.4, -0.2) is 34.7 Å². The van der Waals surface area contributed by atoms with Gasteiger partial charge in [0.2, 0.25) is 0 Å². The highest BCUT2D eigenvalue weighted by Gasteiger charge is 2.31. The molecule has 0 radical (unpaired) electrons. The van der Waals surface area contributed by atoms with E-state index < -0.39 is 5.60 Å². The van der Waals surface area contributed by atoms with E-state index in [1.807, 2.05) is 38.1 Å². The molecule has 1 unspecified atom stereocenters. The van der Waals surface area contributed by atoms with Crippen LogP contribution in [0.1, 0.15) is 42.8 Å². The quantitative estimate of drug-likeness (QED) is 0.763. The highest BCUT2D eigenvalue weighted by atomic mass is 35.5. The topological polar surface area (TPSA) is 70.1 Å². The predicted octanol–water partition coefficient (Wildman–Crippen LogP) is 3.23. The average molecular weight is 361 g/mol. The Balaban J connectivity index is 1.83. The van der Waals surface area contributed by atoms with E-state index in [4.69, 9.17) is 11.6 Å². The lowest BCUT2D eigenvalue weighted by atomic mass is 9.86. The molecule has 1 aromatic carbocycles. The monoisotopic (exact) mass is 360 g/mol. The Morgan fingerprint density at radius 1 is 1.36 bits per heavy atom. The van der Waals surface area contributed by atoms with Crippen molar-refractivity contribution in [1.29, 1.82) is 0 Å². The molecule has 1 aromatic heterocycles. The van der Waals surface area contributed by atoms with Gasteiger partial charge in [-0.05, 0) is 58.0 Å². The fraction of sp³-hybridized carbons (Fsp3) is 0.474. The van der Waals surface area contributed by atoms with Crippen LogP contribution in [-0.2, 0) is 5.60 Å². The second kappa shape index (κ2) is 7.68. The lowest BCUT2D eigenvalue weighted by Crippen LogP contribution is -2.35. The van der Waals surface area contributed by atoms with Crippen molar-refractivity contribution in [3.05, 3.63) is 52.6 Å². The predicted molar refractivity (Wildman–Crippen MR) is 101 cm³/mol. The molecule has 1 fully saturated rings. The lowest BCUT2D eigenvalue weighted by molar-refractivity contribution is 0.0689. The van der Waals surface area contributed by atoms with Crippen molar-refractivity contribution in [1.82, 2.24) is 15.3 Å². The Bertz CT molecular complexity index is 729. The first kappa shape index (κ1) is 18.1. The molecule has 1 aliphatic rings. The zero-order valence-electron chi connectivity index (χ0n) is 14.7. The van der Waals surface area contributed by atoms with Crippen LogP contribution in [0.25, 0.3) is 0 Å². The number of nitrogens with one attached hydrogen (secondary N) is 2. The molecule has 25 heavy (non-hydrogen) atoms. The minimum absolute atomic E-state index is 0.357. The third kappa shape index (κ3) is 4.48. The fourth-order valence-electron chi connectivity index (χ4n) is 3.28. The summed E-state index contributed by atoms with van der Waals surface area (Å²) in [5.74, 6) is 1.10. The molecule has 0 spiro atoms. The summed E-state index contributed by atoms with van der Waals surface area (Å²) >= 11 is 6.03. The largest absolute Gasteiger partial charge is 0.383 e. The van der Waals surface area contributed by atoms with Gasteiger partial charge in [0.05, 0.1) is 5.69 Å². The minimum Gasteiger partial charge on any atom is -0.383 e. The second-order valence-corrected chi connectivity index (χ2v) is 7.31. The molecule has 2 heterocycles. The van der Waals surface area contributed by atoms with Gasteiger partial charge in [0.15, 0.2) is 0 Å². The van der Waals surface area contributed by atoms with Crippen molar-refractivity contribution in [2.45, 2.75) is 38.2 Å². The molecule has 134 valence electrons. The molecule has 0 bridgehead atoms. The normalized spacial score (nSPS) is 17.9. The Morgan fingerprint density at radius 3 is 2.84 bits per heavy atom. The molecule has 1 aliphatic heterocycles. The first-order valence-electron chi connectivity index (χ1n) is 8.72. The van der Waals surface area contributed by atoms with E-state index >= 15 is 0 Å². The number of anilines is 1. The summed E-state index contributed by atoms with van der Waals surface area (Å²) < 4.78 is 0. The summed E-state index contributed by atoms with van der Waals surface area (Å²) in [5, 5.41) is 18.4. The van der Waals surface area contributed by atoms with Gasteiger partial charge in [-0.15, -0.1) is 0 Å². The number of halogens is 1. The molecule has 0 amide bonds. The fourth-order valence-corrected chi connectivity index (χ4v) is 3.47. The number of hydrogen-bond donors (Lipinski definition) is 3. The maximum atomic E-state index is 11.1. The zero-order chi connectivity index (χ0) is 17.9. The van der Waals surface area contributed by atoms with Crippen molar-refractivity contribution >= 4 is 17.3 Å². The van der Waals surface area contributed by atoms with Crippen molar-refractivity contribution in [3.63, 3.8) is 0 Å². The van der Waals surface area contributed by atoms with Gasteiger partial charge < -0.3 is 15.7 Å². The molecule has 0 saturated carbocycles. The van der Waals surface area contributed by atoms with Crippen LogP contribution in [0.4, 0.5) is 5.69 Å². The van der Waals surface area contributed by atoms with Crippen molar-refractivity contribution in [2.24, 2.45) is 0 Å². The molecule has 1 atom stereocenters. The molecule has 6 heteroatoms. The molecule has 3 N–H and O–H groups in total. The van der Waals surface area contributed by atoms with Gasteiger partial charge in [-0.25, -0.2) is 9.97 Å². The minimum atomic E-state index is -1.07. The third-order valence-corrected chi connectivity index (χ3v) is 4.94. The number of nitrogens with zero attached hydrogens (tertiary/aromatic N) is 2. The third-order valence-electron chi connectivity index (χ3n) is 4.71. The van der Waals surface area contributed by atoms with E-state index in [9.17, 15) is 5.11 Å². The highest BCUT2D eigenvalue weighted by molar-refractivity contribution is 6.30. The van der Waals surface area contributed by atoms with Gasteiger partial charge in [0.25, 0.3) is 0 Å². The summed E-state index contributed by atoms with van der Waals surface area (Å²) in [6, 6.07) is 7.49. The Kier molecular flexibility index (Phi) is 5.57. The summed E-state index contributed by atoms with van der Waals surface area (Å²) in [6.07, 6.45) is 3.84. The molecule has 5 nitrogen and oxygen atoms in total. The molecule has 1 saturated heterocycles. The van der Waals surface area contributed by atoms with Gasteiger partial charge in [-0.2, -0.15) is 0 Å². The second-order valence-electron chi connectivity index (χ2n) is 6.88. The zero-order valence-corrected chi connectivity index (χ0v) is 15.5. The van der Waals surface area contributed by atoms with Crippen LogP contribution in [0.15, 0.2) is 30.5 Å². The SMILES string of the molecule is Cc1ncc(C(C)(O)CNc2cccc(Cl)c2)c(C2CCNCC2)n1. The highest BCUT2D eigenvalue weighted by Crippen LogP contribution is 2.32. The van der Waals surface area contributed by atoms with E-state index in [0.717, 1.165) is 48.7 Å². The van der Waals surface area contributed by atoms with Crippen molar-refractivity contribution in [2.75, 3.05) is 25.0 Å². The molecule has 3 rings (SSSR count). The molecular weight excluding hydrogens is 336 g/mol. The number of hydrogen-bond acceptors (Lipinski definition) is 5. The van der Waals surface area contributed by atoms with E-state index in [0.29, 0.717) is 17.5 Å². The number of aliphatic hydroxyl groups is 1. The Labute approximate surface area is 153 Å². The number of benzene rings is 1. The van der Waals surface area contributed by atoms with Crippen LogP contribution in [0.5, 0.6) is 0 Å². The lowest BCUT2D eigenvalue weighted by Gasteiger charge is -2.30. The van der Waals surface area contributed by atoms with Crippen LogP contribution >= 0.6 is 11.6 Å². The standard InChI is InChI=1S/C19H25ClN4O/c1-13-22-11-17(18(24-13)14-6-8-21-9-7-14)19(2,25)12-23-16-5-3-4-15(20)10-16/h3-5,10-11,14,21,23,25H,6-9,12H2,1-2H3. The van der Waals surface area contributed by atoms with Crippen LogP contribution in [0.3, 0.4) is 0 Å². The van der Waals surface area contributed by atoms with Crippen LogP contribution < -0.4 is 10.6 Å². The summed E-state index contributed by atoms with van der Waals surface area (Å²) in [6.45, 7) is 6.03. The Hall–Kier alpha value is -1.69. The summed E-state index contributed by atoms with van der Waals surface area (Å²) in [7, 11) is 0. The van der Waals surface area contributed by atoms with E-state index in [2.05, 4.69) is 20.6 Å². The smallest absolute Gasteiger partial charge is 0.125 e. The van der Waals surface area contributed by atoms with Crippen LogP contribution in [0.2, 0.25) is 5.02 Å². The van der Waals surface area contributed by atoms with E-state index in [1.54, 1.807) is 6.20 Å². The van der Waals surface area contributed by atoms with Gasteiger partial charge in [-0.1, -0.05) is 17.7 Å². The first-order valence-corrected chi connectivity index (χ1v) is 9.10. The van der Waals surface area contributed by atoms with E-state index in [1.165, 1.54) is 0 Å². The van der Waals surface area contributed by atoms with Gasteiger partial charge in [0, 0.05) is 34.9 Å². The number of rotatable bonds is 5. The van der Waals surface area contributed by atoms with Crippen LogP contribution in [0, 0.1) is 6.92 Å². The van der Waals surface area contributed by atoms with Crippen molar-refractivity contribution in [3.8, 4) is 0 Å². The van der Waals surface area contributed by atoms with Gasteiger partial charge in [-0.3, -0.25) is 0 Å². The summed E-state index contributed by atoms with van der Waals surface area (Å²) in [5.41, 5.74) is 1.59.